The third-order valence-corrected chi connectivity index (χ3v) is 2.74. The molecule has 0 radical (unpaired) electrons. The molecule has 0 aliphatic carbocycles. The highest BCUT2D eigenvalue weighted by atomic mass is 35.5. The maximum atomic E-state index is 11.8. The van der Waals surface area contributed by atoms with Gasteiger partial charge in [0, 0.05) is 11.1 Å². The van der Waals surface area contributed by atoms with Crippen LogP contribution in [0.25, 0.3) is 0 Å². The second kappa shape index (κ2) is 6.40. The molecule has 5 heteroatoms. The molecule has 1 amide bonds. The summed E-state index contributed by atoms with van der Waals surface area (Å²) < 4.78 is 0. The van der Waals surface area contributed by atoms with Crippen molar-refractivity contribution in [2.24, 2.45) is 0 Å². The van der Waals surface area contributed by atoms with Gasteiger partial charge in [-0.1, -0.05) is 23.7 Å². The van der Waals surface area contributed by atoms with Crippen molar-refractivity contribution in [1.29, 1.82) is 5.41 Å². The number of benzene rings is 1. The number of nitrogens with one attached hydrogen (secondary N) is 3. The summed E-state index contributed by atoms with van der Waals surface area (Å²) in [6, 6.07) is 5.63. The van der Waals surface area contributed by atoms with Crippen molar-refractivity contribution in [2.75, 3.05) is 0 Å². The summed E-state index contributed by atoms with van der Waals surface area (Å²) >= 11 is 6.05. The zero-order valence-corrected chi connectivity index (χ0v) is 11.6. The molecule has 0 aliphatic rings. The zero-order chi connectivity index (χ0) is 13.7. The minimum Gasteiger partial charge on any atom is -0.354 e. The molecule has 4 nitrogen and oxygen atoms in total. The monoisotopic (exact) mass is 267 g/mol. The van der Waals surface area contributed by atoms with Crippen LogP contribution in [0.3, 0.4) is 0 Å². The molecule has 98 valence electrons. The fourth-order valence-corrected chi connectivity index (χ4v) is 1.85. The van der Waals surface area contributed by atoms with E-state index in [0.29, 0.717) is 5.02 Å². The largest absolute Gasteiger partial charge is 0.354 e. The fraction of sp³-hybridized carbons (Fsp3) is 0.385. The van der Waals surface area contributed by atoms with Crippen LogP contribution >= 0.6 is 11.6 Å². The molecule has 3 N–H and O–H groups in total. The van der Waals surface area contributed by atoms with E-state index in [1.54, 1.807) is 6.07 Å². The first-order chi connectivity index (χ1) is 8.40. The van der Waals surface area contributed by atoms with Crippen molar-refractivity contribution in [3.05, 3.63) is 34.3 Å². The maximum absolute atomic E-state index is 11.8. The van der Waals surface area contributed by atoms with E-state index in [4.69, 9.17) is 17.0 Å². The molecule has 0 atom stereocenters. The van der Waals surface area contributed by atoms with Crippen molar-refractivity contribution in [3.63, 3.8) is 0 Å². The summed E-state index contributed by atoms with van der Waals surface area (Å²) in [7, 11) is 0. The molecule has 1 rings (SSSR count). The molecule has 18 heavy (non-hydrogen) atoms. The predicted octanol–water partition coefficient (Wildman–Crippen LogP) is 2.24. The van der Waals surface area contributed by atoms with Crippen LogP contribution in [0.15, 0.2) is 18.2 Å². The van der Waals surface area contributed by atoms with Gasteiger partial charge in [0.1, 0.15) is 0 Å². The number of amides is 1. The number of aryl methyl sites for hydroxylation is 1. The highest BCUT2D eigenvalue weighted by Crippen LogP contribution is 2.19. The van der Waals surface area contributed by atoms with Crippen LogP contribution < -0.4 is 10.6 Å². The number of guanidine groups is 1. The lowest BCUT2D eigenvalue weighted by molar-refractivity contribution is -0.119. The van der Waals surface area contributed by atoms with Gasteiger partial charge in [-0.15, -0.1) is 0 Å². The van der Waals surface area contributed by atoms with Gasteiger partial charge in [-0.3, -0.25) is 15.5 Å². The summed E-state index contributed by atoms with van der Waals surface area (Å²) in [4.78, 5) is 11.8. The number of carbonyl (C=O) groups is 1. The summed E-state index contributed by atoms with van der Waals surface area (Å²) in [6.07, 6.45) is 0.174. The summed E-state index contributed by atoms with van der Waals surface area (Å²) in [5.74, 6) is -0.232. The van der Waals surface area contributed by atoms with Gasteiger partial charge in [0.05, 0.1) is 6.42 Å². The molecule has 0 bridgehead atoms. The first-order valence-corrected chi connectivity index (χ1v) is 6.17. The second-order valence-corrected chi connectivity index (χ2v) is 4.84. The first-order valence-electron chi connectivity index (χ1n) is 5.79. The van der Waals surface area contributed by atoms with Crippen LogP contribution in [0.4, 0.5) is 0 Å². The molecule has 1 aromatic rings. The van der Waals surface area contributed by atoms with Gasteiger partial charge >= 0.3 is 0 Å². The topological polar surface area (TPSA) is 65.0 Å². The zero-order valence-electron chi connectivity index (χ0n) is 10.8. The van der Waals surface area contributed by atoms with Crippen LogP contribution in [0, 0.1) is 12.3 Å². The summed E-state index contributed by atoms with van der Waals surface area (Å²) in [5.41, 5.74) is 1.77. The Labute approximate surface area is 112 Å². The Balaban J connectivity index is 2.63. The quantitative estimate of drug-likeness (QED) is 0.581. The van der Waals surface area contributed by atoms with Gasteiger partial charge in [-0.2, -0.15) is 0 Å². The lowest BCUT2D eigenvalue weighted by atomic mass is 10.1. The molecule has 0 aliphatic heterocycles. The molecule has 0 spiro atoms. The third kappa shape index (κ3) is 4.37. The van der Waals surface area contributed by atoms with Crippen LogP contribution in [0.1, 0.15) is 25.0 Å². The number of hydrogen-bond donors (Lipinski definition) is 3. The molecule has 0 heterocycles. The van der Waals surface area contributed by atoms with Crippen LogP contribution in [-0.2, 0) is 11.2 Å². The van der Waals surface area contributed by atoms with E-state index in [-0.39, 0.29) is 24.3 Å². The van der Waals surface area contributed by atoms with Gasteiger partial charge in [-0.05, 0) is 38.0 Å². The Kier molecular flexibility index (Phi) is 5.16. The van der Waals surface area contributed by atoms with E-state index in [1.807, 2.05) is 32.9 Å². The van der Waals surface area contributed by atoms with Gasteiger partial charge < -0.3 is 5.32 Å². The fourth-order valence-electron chi connectivity index (χ4n) is 1.56. The average Bonchev–Trinajstić information content (AvgIpc) is 2.22. The number of hydrogen-bond acceptors (Lipinski definition) is 2. The standard InChI is InChI=1S/C13H18ClN3O/c1-8(2)16-13(15)17-12(18)7-10-9(3)5-4-6-11(10)14/h4-6,8H,7H2,1-3H3,(H3,15,16,17,18). The Morgan fingerprint density at radius 1 is 1.44 bits per heavy atom. The number of halogens is 1. The molecule has 1 aromatic carbocycles. The highest BCUT2D eigenvalue weighted by molar-refractivity contribution is 6.31. The summed E-state index contributed by atoms with van der Waals surface area (Å²) in [5, 5.41) is 13.4. The van der Waals surface area contributed by atoms with E-state index in [0.717, 1.165) is 11.1 Å². The van der Waals surface area contributed by atoms with Crippen molar-refractivity contribution >= 4 is 23.5 Å². The van der Waals surface area contributed by atoms with E-state index in [2.05, 4.69) is 10.6 Å². The minimum atomic E-state index is -0.246. The molecule has 0 aromatic heterocycles. The van der Waals surface area contributed by atoms with Crippen molar-refractivity contribution in [3.8, 4) is 0 Å². The Hall–Kier alpha value is -1.55. The number of rotatable bonds is 3. The van der Waals surface area contributed by atoms with E-state index >= 15 is 0 Å². The first kappa shape index (κ1) is 14.5. The minimum absolute atomic E-state index is 0.0136. The smallest absolute Gasteiger partial charge is 0.231 e. The Morgan fingerprint density at radius 3 is 2.67 bits per heavy atom. The molecular formula is C13H18ClN3O. The Bertz CT molecular complexity index is 437. The van der Waals surface area contributed by atoms with Crippen molar-refractivity contribution in [2.45, 2.75) is 33.2 Å². The van der Waals surface area contributed by atoms with E-state index in [1.165, 1.54) is 0 Å². The normalized spacial score (nSPS) is 10.3. The van der Waals surface area contributed by atoms with Gasteiger partial charge in [0.2, 0.25) is 5.91 Å². The molecular weight excluding hydrogens is 250 g/mol. The average molecular weight is 268 g/mol. The maximum Gasteiger partial charge on any atom is 0.231 e. The third-order valence-electron chi connectivity index (χ3n) is 2.39. The van der Waals surface area contributed by atoms with Crippen LogP contribution in [0.2, 0.25) is 5.02 Å². The second-order valence-electron chi connectivity index (χ2n) is 4.43. The van der Waals surface area contributed by atoms with Gasteiger partial charge in [0.25, 0.3) is 0 Å². The highest BCUT2D eigenvalue weighted by Gasteiger charge is 2.11. The summed E-state index contributed by atoms with van der Waals surface area (Å²) in [6.45, 7) is 5.71. The lowest BCUT2D eigenvalue weighted by Crippen LogP contribution is -2.43. The van der Waals surface area contributed by atoms with Crippen LogP contribution in [0.5, 0.6) is 0 Å². The van der Waals surface area contributed by atoms with Crippen molar-refractivity contribution in [1.82, 2.24) is 10.6 Å². The SMILES string of the molecule is Cc1cccc(Cl)c1CC(=O)NC(=N)NC(C)C. The Morgan fingerprint density at radius 2 is 2.11 bits per heavy atom. The lowest BCUT2D eigenvalue weighted by Gasteiger charge is -2.13. The molecule has 0 saturated carbocycles. The van der Waals surface area contributed by atoms with Crippen LogP contribution in [-0.4, -0.2) is 17.9 Å². The predicted molar refractivity (Wildman–Crippen MR) is 74.0 cm³/mol. The van der Waals surface area contributed by atoms with Gasteiger partial charge in [0.15, 0.2) is 5.96 Å². The molecule has 0 saturated heterocycles. The number of carbonyl (C=O) groups excluding carboxylic acids is 1. The molecule has 0 fully saturated rings. The molecule has 0 unspecified atom stereocenters. The van der Waals surface area contributed by atoms with Gasteiger partial charge in [-0.25, -0.2) is 0 Å². The van der Waals surface area contributed by atoms with E-state index in [9.17, 15) is 4.79 Å². The van der Waals surface area contributed by atoms with E-state index < -0.39 is 0 Å². The van der Waals surface area contributed by atoms with Crippen molar-refractivity contribution < 1.29 is 4.79 Å².